The third kappa shape index (κ3) is 2.72. The van der Waals surface area contributed by atoms with Crippen molar-refractivity contribution in [3.63, 3.8) is 0 Å². The Morgan fingerprint density at radius 3 is 2.80 bits per heavy atom. The molecule has 102 valence electrons. The summed E-state index contributed by atoms with van der Waals surface area (Å²) in [5.41, 5.74) is 0.447. The second-order valence-electron chi connectivity index (χ2n) is 4.08. The van der Waals surface area contributed by atoms with E-state index < -0.39 is 10.8 Å². The van der Waals surface area contributed by atoms with Crippen LogP contribution < -0.4 is 5.32 Å². The van der Waals surface area contributed by atoms with E-state index in [-0.39, 0.29) is 22.8 Å². The Morgan fingerprint density at radius 2 is 2.15 bits per heavy atom. The minimum Gasteiger partial charge on any atom is -0.504 e. The number of nitro groups is 1. The quantitative estimate of drug-likeness (QED) is 0.659. The average Bonchev–Trinajstić information content (AvgIpc) is 2.41. The minimum absolute atomic E-state index is 0.000674. The summed E-state index contributed by atoms with van der Waals surface area (Å²) < 4.78 is 0. The highest BCUT2D eigenvalue weighted by molar-refractivity contribution is 6.04. The van der Waals surface area contributed by atoms with Crippen LogP contribution in [-0.4, -0.2) is 20.9 Å². The number of benzene rings is 1. The number of anilines is 1. The Morgan fingerprint density at radius 1 is 1.40 bits per heavy atom. The Balaban J connectivity index is 2.28. The topological polar surface area (TPSA) is 105 Å². The molecule has 0 saturated carbocycles. The van der Waals surface area contributed by atoms with Gasteiger partial charge < -0.3 is 10.4 Å². The normalized spacial score (nSPS) is 10.1. The summed E-state index contributed by atoms with van der Waals surface area (Å²) in [6.07, 6.45) is 1.41. The number of hydrogen-bond donors (Lipinski definition) is 2. The van der Waals surface area contributed by atoms with Gasteiger partial charge in [-0.25, -0.2) is 4.98 Å². The van der Waals surface area contributed by atoms with Gasteiger partial charge in [0.25, 0.3) is 11.6 Å². The van der Waals surface area contributed by atoms with Gasteiger partial charge in [0, 0.05) is 23.4 Å². The van der Waals surface area contributed by atoms with Crippen molar-refractivity contribution in [3.8, 4) is 5.75 Å². The molecule has 0 aliphatic rings. The summed E-state index contributed by atoms with van der Waals surface area (Å²) in [5.74, 6) is -0.759. The second-order valence-corrected chi connectivity index (χ2v) is 4.08. The lowest BCUT2D eigenvalue weighted by molar-refractivity contribution is -0.385. The summed E-state index contributed by atoms with van der Waals surface area (Å²) in [7, 11) is 0. The first kappa shape index (κ1) is 13.5. The van der Waals surface area contributed by atoms with Crippen LogP contribution in [0, 0.1) is 17.0 Å². The van der Waals surface area contributed by atoms with E-state index in [0.29, 0.717) is 5.56 Å². The molecular formula is C13H11N3O4. The molecule has 1 aromatic heterocycles. The average molecular weight is 273 g/mol. The Bertz CT molecular complexity index is 685. The van der Waals surface area contributed by atoms with E-state index in [9.17, 15) is 20.0 Å². The third-order valence-electron chi connectivity index (χ3n) is 2.69. The maximum atomic E-state index is 12.0. The van der Waals surface area contributed by atoms with Crippen LogP contribution in [0.1, 0.15) is 15.9 Å². The van der Waals surface area contributed by atoms with Crippen molar-refractivity contribution in [2.24, 2.45) is 0 Å². The molecule has 1 heterocycles. The number of aryl methyl sites for hydroxylation is 1. The zero-order valence-electron chi connectivity index (χ0n) is 10.5. The van der Waals surface area contributed by atoms with Crippen molar-refractivity contribution in [2.75, 3.05) is 5.32 Å². The number of nitro benzene ring substituents is 1. The molecule has 2 aromatic rings. The second kappa shape index (κ2) is 5.35. The summed E-state index contributed by atoms with van der Waals surface area (Å²) in [6, 6.07) is 7.04. The molecule has 2 N–H and O–H groups in total. The van der Waals surface area contributed by atoms with Crippen molar-refractivity contribution in [1.82, 2.24) is 4.98 Å². The highest BCUT2D eigenvalue weighted by atomic mass is 16.6. The van der Waals surface area contributed by atoms with Gasteiger partial charge in [0.15, 0.2) is 11.6 Å². The van der Waals surface area contributed by atoms with E-state index in [1.807, 2.05) is 0 Å². The lowest BCUT2D eigenvalue weighted by Gasteiger charge is -2.06. The molecule has 0 bridgehead atoms. The number of nitrogens with zero attached hydrogens (tertiary/aromatic N) is 2. The fourth-order valence-electron chi connectivity index (χ4n) is 1.62. The molecular weight excluding hydrogens is 262 g/mol. The van der Waals surface area contributed by atoms with Crippen molar-refractivity contribution in [3.05, 3.63) is 57.8 Å². The molecule has 0 fully saturated rings. The predicted octanol–water partition coefficient (Wildman–Crippen LogP) is 2.26. The number of amides is 1. The lowest BCUT2D eigenvalue weighted by Crippen LogP contribution is -2.13. The maximum absolute atomic E-state index is 12.0. The van der Waals surface area contributed by atoms with Gasteiger partial charge in [-0.2, -0.15) is 0 Å². The summed E-state index contributed by atoms with van der Waals surface area (Å²) in [4.78, 5) is 26.0. The molecule has 0 saturated heterocycles. The molecule has 7 nitrogen and oxygen atoms in total. The highest BCUT2D eigenvalue weighted by Crippen LogP contribution is 2.22. The molecule has 0 unspecified atom stereocenters. The molecule has 0 atom stereocenters. The van der Waals surface area contributed by atoms with E-state index in [2.05, 4.69) is 10.3 Å². The predicted molar refractivity (Wildman–Crippen MR) is 71.7 cm³/mol. The summed E-state index contributed by atoms with van der Waals surface area (Å²) in [6.45, 7) is 1.59. The van der Waals surface area contributed by atoms with Crippen molar-refractivity contribution >= 4 is 17.4 Å². The summed E-state index contributed by atoms with van der Waals surface area (Å²) >= 11 is 0. The van der Waals surface area contributed by atoms with Gasteiger partial charge in [0.2, 0.25) is 0 Å². The van der Waals surface area contributed by atoms with E-state index in [1.165, 1.54) is 36.5 Å². The third-order valence-corrected chi connectivity index (χ3v) is 2.69. The number of aromatic nitrogens is 1. The molecule has 0 aliphatic heterocycles. The van der Waals surface area contributed by atoms with E-state index in [0.717, 1.165) is 0 Å². The largest absolute Gasteiger partial charge is 0.504 e. The number of aromatic hydroxyl groups is 1. The fourth-order valence-corrected chi connectivity index (χ4v) is 1.62. The van der Waals surface area contributed by atoms with Crippen LogP contribution in [0.2, 0.25) is 0 Å². The van der Waals surface area contributed by atoms with Crippen LogP contribution in [0.4, 0.5) is 11.5 Å². The van der Waals surface area contributed by atoms with Crippen molar-refractivity contribution < 1.29 is 14.8 Å². The maximum Gasteiger partial charge on any atom is 0.273 e. The number of carbonyl (C=O) groups excluding carboxylic acids is 1. The van der Waals surface area contributed by atoms with Gasteiger partial charge in [-0.05, 0) is 25.1 Å². The first-order valence-corrected chi connectivity index (χ1v) is 5.69. The zero-order chi connectivity index (χ0) is 14.7. The number of carbonyl (C=O) groups is 1. The Kier molecular flexibility index (Phi) is 3.60. The number of pyridine rings is 1. The first-order valence-electron chi connectivity index (χ1n) is 5.69. The van der Waals surface area contributed by atoms with Crippen LogP contribution in [0.25, 0.3) is 0 Å². The first-order chi connectivity index (χ1) is 9.49. The SMILES string of the molecule is Cc1ccc(C(=O)Nc2ncccc2O)cc1[N+](=O)[O-]. The van der Waals surface area contributed by atoms with Crippen LogP contribution >= 0.6 is 0 Å². The van der Waals surface area contributed by atoms with Crippen molar-refractivity contribution in [2.45, 2.75) is 6.92 Å². The molecule has 1 amide bonds. The van der Waals surface area contributed by atoms with Crippen LogP contribution in [0.15, 0.2) is 36.5 Å². The van der Waals surface area contributed by atoms with Crippen LogP contribution in [0.3, 0.4) is 0 Å². The Hall–Kier alpha value is -2.96. The lowest BCUT2D eigenvalue weighted by atomic mass is 10.1. The molecule has 0 aliphatic carbocycles. The monoisotopic (exact) mass is 273 g/mol. The smallest absolute Gasteiger partial charge is 0.273 e. The number of hydrogen-bond acceptors (Lipinski definition) is 5. The van der Waals surface area contributed by atoms with Crippen molar-refractivity contribution in [1.29, 1.82) is 0 Å². The molecule has 7 heteroatoms. The molecule has 0 spiro atoms. The minimum atomic E-state index is -0.581. The van der Waals surface area contributed by atoms with Gasteiger partial charge in [-0.1, -0.05) is 6.07 Å². The van der Waals surface area contributed by atoms with Gasteiger partial charge in [0.05, 0.1) is 4.92 Å². The molecule has 2 rings (SSSR count). The molecule has 1 aromatic carbocycles. The van der Waals surface area contributed by atoms with E-state index >= 15 is 0 Å². The van der Waals surface area contributed by atoms with Gasteiger partial charge in [-0.15, -0.1) is 0 Å². The number of nitrogens with one attached hydrogen (secondary N) is 1. The van der Waals surface area contributed by atoms with E-state index in [1.54, 1.807) is 6.92 Å². The standard InChI is InChI=1S/C13H11N3O4/c1-8-4-5-9(7-10(8)16(19)20)13(18)15-12-11(17)3-2-6-14-12/h2-7,17H,1H3,(H,14,15,18). The Labute approximate surface area is 114 Å². The molecule has 0 radical (unpaired) electrons. The van der Waals surface area contributed by atoms with Gasteiger partial charge in [0.1, 0.15) is 0 Å². The van der Waals surface area contributed by atoms with Gasteiger partial charge >= 0.3 is 0 Å². The zero-order valence-corrected chi connectivity index (χ0v) is 10.5. The van der Waals surface area contributed by atoms with Crippen LogP contribution in [-0.2, 0) is 0 Å². The highest BCUT2D eigenvalue weighted by Gasteiger charge is 2.16. The summed E-state index contributed by atoms with van der Waals surface area (Å²) in [5, 5.41) is 22.7. The van der Waals surface area contributed by atoms with E-state index in [4.69, 9.17) is 0 Å². The number of rotatable bonds is 3. The van der Waals surface area contributed by atoms with Gasteiger partial charge in [-0.3, -0.25) is 14.9 Å². The van der Waals surface area contributed by atoms with Crippen LogP contribution in [0.5, 0.6) is 5.75 Å². The fraction of sp³-hybridized carbons (Fsp3) is 0.0769. The molecule has 20 heavy (non-hydrogen) atoms.